The van der Waals surface area contributed by atoms with Gasteiger partial charge in [0.25, 0.3) is 0 Å². The van der Waals surface area contributed by atoms with Gasteiger partial charge in [-0.1, -0.05) is 6.92 Å². The van der Waals surface area contributed by atoms with E-state index in [1.54, 1.807) is 6.07 Å². The minimum absolute atomic E-state index is 0.0831. The molecule has 64 valence electrons. The Morgan fingerprint density at radius 3 is 3.17 bits per heavy atom. The molecule has 12 heavy (non-hydrogen) atoms. The zero-order valence-electron chi connectivity index (χ0n) is 6.76. The van der Waals surface area contributed by atoms with Gasteiger partial charge in [-0.3, -0.25) is 4.79 Å². The van der Waals surface area contributed by atoms with Crippen LogP contribution in [0.5, 0.6) is 0 Å². The van der Waals surface area contributed by atoms with Gasteiger partial charge in [0.2, 0.25) is 5.78 Å². The molecule has 2 nitrogen and oxygen atoms in total. The van der Waals surface area contributed by atoms with Gasteiger partial charge in [0.1, 0.15) is 0 Å². The number of carbonyl (C=O) groups excluding carboxylic acids is 1. The van der Waals surface area contributed by atoms with Crippen LogP contribution in [0.15, 0.2) is 10.5 Å². The number of aryl methyl sites for hydroxylation is 1. The number of hydrogen-bond acceptors (Lipinski definition) is 2. The van der Waals surface area contributed by atoms with Gasteiger partial charge in [-0.05, 0) is 30.5 Å². The maximum absolute atomic E-state index is 11.5. The Morgan fingerprint density at radius 2 is 2.42 bits per heavy atom. The second-order valence-electron chi connectivity index (χ2n) is 3.21. The highest BCUT2D eigenvalue weighted by molar-refractivity contribution is 6.29. The Balaban J connectivity index is 2.48. The molecule has 0 aromatic carbocycles. The highest BCUT2D eigenvalue weighted by Crippen LogP contribution is 2.29. The summed E-state index contributed by atoms with van der Waals surface area (Å²) in [6, 6.07) is 1.74. The third-order valence-corrected chi connectivity index (χ3v) is 2.48. The monoisotopic (exact) mass is 184 g/mol. The van der Waals surface area contributed by atoms with Crippen molar-refractivity contribution in [1.82, 2.24) is 0 Å². The number of halogens is 1. The number of Topliss-reactive ketones (excluding diaryl/α,β-unsaturated/α-hetero) is 1. The smallest absolute Gasteiger partial charge is 0.201 e. The van der Waals surface area contributed by atoms with E-state index < -0.39 is 0 Å². The highest BCUT2D eigenvalue weighted by atomic mass is 35.5. The van der Waals surface area contributed by atoms with Gasteiger partial charge in [-0.2, -0.15) is 0 Å². The van der Waals surface area contributed by atoms with E-state index in [-0.39, 0.29) is 11.7 Å². The minimum atomic E-state index is 0.0831. The average molecular weight is 185 g/mol. The van der Waals surface area contributed by atoms with Crippen LogP contribution in [-0.4, -0.2) is 5.78 Å². The van der Waals surface area contributed by atoms with Crippen molar-refractivity contribution in [2.75, 3.05) is 0 Å². The Kier molecular flexibility index (Phi) is 1.72. The first kappa shape index (κ1) is 7.87. The second kappa shape index (κ2) is 2.63. The predicted octanol–water partition coefficient (Wildman–Crippen LogP) is 2.70. The first-order valence-corrected chi connectivity index (χ1v) is 4.38. The van der Waals surface area contributed by atoms with Crippen molar-refractivity contribution in [3.05, 3.63) is 22.6 Å². The molecule has 0 saturated heterocycles. The van der Waals surface area contributed by atoms with E-state index >= 15 is 0 Å². The lowest BCUT2D eigenvalue weighted by Crippen LogP contribution is -2.18. The largest absolute Gasteiger partial charge is 0.441 e. The van der Waals surface area contributed by atoms with E-state index in [1.807, 2.05) is 6.92 Å². The molecule has 0 radical (unpaired) electrons. The summed E-state index contributed by atoms with van der Waals surface area (Å²) in [5, 5.41) is 0.322. The molecule has 1 aromatic heterocycles. The SMILES string of the molecule is CC1CCc2cc(Cl)oc2C1=O. The zero-order valence-corrected chi connectivity index (χ0v) is 7.52. The fraction of sp³-hybridized carbons (Fsp3) is 0.444. The Morgan fingerprint density at radius 1 is 1.67 bits per heavy atom. The fourth-order valence-electron chi connectivity index (χ4n) is 1.52. The topological polar surface area (TPSA) is 30.2 Å². The van der Waals surface area contributed by atoms with Gasteiger partial charge in [-0.15, -0.1) is 0 Å². The van der Waals surface area contributed by atoms with Crippen LogP contribution in [-0.2, 0) is 6.42 Å². The molecule has 1 aliphatic carbocycles. The predicted molar refractivity (Wildman–Crippen MR) is 45.5 cm³/mol. The molecule has 0 aliphatic heterocycles. The van der Waals surface area contributed by atoms with Crippen LogP contribution >= 0.6 is 11.6 Å². The molecule has 1 unspecified atom stereocenters. The first-order valence-electron chi connectivity index (χ1n) is 4.01. The summed E-state index contributed by atoms with van der Waals surface area (Å²) in [4.78, 5) is 11.5. The van der Waals surface area contributed by atoms with Crippen molar-refractivity contribution >= 4 is 17.4 Å². The number of carbonyl (C=O) groups is 1. The number of rotatable bonds is 0. The molecule has 0 bridgehead atoms. The molecule has 0 N–H and O–H groups in total. The molecule has 1 atom stereocenters. The molecule has 1 aliphatic rings. The lowest BCUT2D eigenvalue weighted by Gasteiger charge is -2.14. The van der Waals surface area contributed by atoms with Crippen LogP contribution in [0.4, 0.5) is 0 Å². The average Bonchev–Trinajstić information content (AvgIpc) is 2.39. The maximum atomic E-state index is 11.5. The molecule has 1 heterocycles. The summed E-state index contributed by atoms with van der Waals surface area (Å²) >= 11 is 5.64. The van der Waals surface area contributed by atoms with Crippen LogP contribution in [0.2, 0.25) is 5.22 Å². The number of fused-ring (bicyclic) bond motifs is 1. The van der Waals surface area contributed by atoms with Crippen molar-refractivity contribution < 1.29 is 9.21 Å². The third kappa shape index (κ3) is 1.07. The van der Waals surface area contributed by atoms with Crippen molar-refractivity contribution in [2.24, 2.45) is 5.92 Å². The third-order valence-electron chi connectivity index (χ3n) is 2.30. The summed E-state index contributed by atoms with van der Waals surface area (Å²) < 4.78 is 5.10. The van der Waals surface area contributed by atoms with Crippen molar-refractivity contribution in [1.29, 1.82) is 0 Å². The highest BCUT2D eigenvalue weighted by Gasteiger charge is 2.27. The summed E-state index contributed by atoms with van der Waals surface area (Å²) in [5.74, 6) is 0.640. The lowest BCUT2D eigenvalue weighted by molar-refractivity contribution is 0.0883. The Labute approximate surface area is 75.5 Å². The van der Waals surface area contributed by atoms with E-state index in [0.717, 1.165) is 18.4 Å². The van der Waals surface area contributed by atoms with Crippen LogP contribution in [0.25, 0.3) is 0 Å². The van der Waals surface area contributed by atoms with Gasteiger partial charge >= 0.3 is 0 Å². The maximum Gasteiger partial charge on any atom is 0.201 e. The van der Waals surface area contributed by atoms with Crippen molar-refractivity contribution in [2.45, 2.75) is 19.8 Å². The Hall–Kier alpha value is -0.760. The quantitative estimate of drug-likeness (QED) is 0.621. The molecular weight excluding hydrogens is 176 g/mol. The summed E-state index contributed by atoms with van der Waals surface area (Å²) in [7, 11) is 0. The van der Waals surface area contributed by atoms with E-state index in [0.29, 0.717) is 11.0 Å². The van der Waals surface area contributed by atoms with Crippen LogP contribution in [0, 0.1) is 5.92 Å². The second-order valence-corrected chi connectivity index (χ2v) is 3.58. The molecular formula is C9H9ClO2. The summed E-state index contributed by atoms with van der Waals surface area (Å²) in [6.07, 6.45) is 1.81. The van der Waals surface area contributed by atoms with Crippen LogP contribution < -0.4 is 0 Å². The Bertz CT molecular complexity index is 327. The fourth-order valence-corrected chi connectivity index (χ4v) is 1.73. The molecule has 0 saturated carbocycles. The number of furan rings is 1. The molecule has 1 aromatic rings. The molecule has 0 fully saturated rings. The van der Waals surface area contributed by atoms with Crippen LogP contribution in [0.3, 0.4) is 0 Å². The van der Waals surface area contributed by atoms with Gasteiger partial charge in [-0.25, -0.2) is 0 Å². The van der Waals surface area contributed by atoms with E-state index in [1.165, 1.54) is 0 Å². The van der Waals surface area contributed by atoms with Gasteiger partial charge in [0.05, 0.1) is 0 Å². The van der Waals surface area contributed by atoms with Crippen molar-refractivity contribution in [3.8, 4) is 0 Å². The van der Waals surface area contributed by atoms with E-state index in [9.17, 15) is 4.79 Å². The van der Waals surface area contributed by atoms with Gasteiger partial charge in [0.15, 0.2) is 11.0 Å². The van der Waals surface area contributed by atoms with Crippen molar-refractivity contribution in [3.63, 3.8) is 0 Å². The van der Waals surface area contributed by atoms with E-state index in [2.05, 4.69) is 0 Å². The zero-order chi connectivity index (χ0) is 8.72. The normalized spacial score (nSPS) is 22.5. The molecule has 3 heteroatoms. The van der Waals surface area contributed by atoms with Gasteiger partial charge in [0, 0.05) is 11.5 Å². The van der Waals surface area contributed by atoms with Crippen LogP contribution in [0.1, 0.15) is 29.5 Å². The molecule has 2 rings (SSSR count). The standard InChI is InChI=1S/C9H9ClO2/c1-5-2-3-6-4-7(10)12-9(6)8(5)11/h4-5H,2-3H2,1H3. The van der Waals surface area contributed by atoms with E-state index in [4.69, 9.17) is 16.0 Å². The minimum Gasteiger partial charge on any atom is -0.441 e. The summed E-state index contributed by atoms with van der Waals surface area (Å²) in [5.41, 5.74) is 0.961. The van der Waals surface area contributed by atoms with Gasteiger partial charge < -0.3 is 4.42 Å². The number of ketones is 1. The first-order chi connectivity index (χ1) is 5.68. The number of hydrogen-bond donors (Lipinski definition) is 0. The lowest BCUT2D eigenvalue weighted by atomic mass is 9.89. The molecule has 0 spiro atoms. The summed E-state index contributed by atoms with van der Waals surface area (Å²) in [6.45, 7) is 1.92. The molecule has 0 amide bonds.